The van der Waals surface area contributed by atoms with E-state index in [0.717, 1.165) is 16.7 Å². The van der Waals surface area contributed by atoms with Crippen molar-refractivity contribution in [1.29, 1.82) is 0 Å². The minimum atomic E-state index is -1.12. The number of nitrogens with zero attached hydrogens (tertiary/aromatic N) is 1. The first-order valence-electron chi connectivity index (χ1n) is 7.22. The lowest BCUT2D eigenvalue weighted by Gasteiger charge is -2.06. The van der Waals surface area contributed by atoms with E-state index in [1.54, 1.807) is 18.2 Å². The van der Waals surface area contributed by atoms with E-state index in [1.807, 2.05) is 0 Å². The molecule has 1 fully saturated rings. The predicted molar refractivity (Wildman–Crippen MR) is 97.6 cm³/mol. The summed E-state index contributed by atoms with van der Waals surface area (Å²) in [6, 6.07) is 7.72. The smallest absolute Gasteiger partial charge is 0.337 e. The Hall–Kier alpha value is -2.95. The highest BCUT2D eigenvalue weighted by molar-refractivity contribution is 8.18. The third-order valence-electron chi connectivity index (χ3n) is 3.51. The topological polar surface area (TPSA) is 87.8 Å². The third kappa shape index (κ3) is 3.38. The second kappa shape index (κ2) is 7.12. The molecule has 0 saturated carbocycles. The average molecular weight is 388 g/mol. The van der Waals surface area contributed by atoms with Crippen LogP contribution in [0.15, 0.2) is 39.7 Å². The van der Waals surface area contributed by atoms with Gasteiger partial charge in [0.1, 0.15) is 11.5 Å². The molecule has 0 aliphatic carbocycles. The van der Waals surface area contributed by atoms with Crippen LogP contribution in [0.4, 0.5) is 4.79 Å². The van der Waals surface area contributed by atoms with Crippen LogP contribution in [0, 0.1) is 12.3 Å². The van der Waals surface area contributed by atoms with Gasteiger partial charge in [0.15, 0.2) is 0 Å². The first kappa shape index (κ1) is 17.9. The lowest BCUT2D eigenvalue weighted by molar-refractivity contribution is -0.122. The molecule has 0 spiro atoms. The van der Waals surface area contributed by atoms with Gasteiger partial charge in [-0.2, -0.15) is 0 Å². The van der Waals surface area contributed by atoms with E-state index in [2.05, 4.69) is 5.92 Å². The molecule has 1 N–H and O–H groups in total. The van der Waals surface area contributed by atoms with Crippen LogP contribution in [-0.4, -0.2) is 33.7 Å². The molecule has 2 heterocycles. The third-order valence-corrected chi connectivity index (χ3v) is 4.73. The summed E-state index contributed by atoms with van der Waals surface area (Å²) in [5.74, 6) is 1.48. The second-order valence-electron chi connectivity index (χ2n) is 5.17. The van der Waals surface area contributed by atoms with E-state index in [-0.39, 0.29) is 22.0 Å². The van der Waals surface area contributed by atoms with Crippen molar-refractivity contribution in [3.63, 3.8) is 0 Å². The summed E-state index contributed by atoms with van der Waals surface area (Å²) in [5, 5.41) is 8.66. The van der Waals surface area contributed by atoms with Crippen molar-refractivity contribution in [2.45, 2.75) is 0 Å². The van der Waals surface area contributed by atoms with Gasteiger partial charge in [-0.05, 0) is 36.0 Å². The number of thioether (sulfide) groups is 1. The number of halogens is 1. The van der Waals surface area contributed by atoms with E-state index in [1.165, 1.54) is 18.2 Å². The van der Waals surface area contributed by atoms with E-state index in [4.69, 9.17) is 27.5 Å². The number of terminal acetylenes is 1. The van der Waals surface area contributed by atoms with Crippen LogP contribution in [0.3, 0.4) is 0 Å². The Morgan fingerprint density at radius 1 is 1.35 bits per heavy atom. The number of imide groups is 1. The summed E-state index contributed by atoms with van der Waals surface area (Å²) in [5.41, 5.74) is 0.574. The summed E-state index contributed by atoms with van der Waals surface area (Å²) in [6.45, 7) is -0.0835. The van der Waals surface area contributed by atoms with Crippen LogP contribution in [0.25, 0.3) is 17.4 Å². The van der Waals surface area contributed by atoms with Gasteiger partial charge in [0.25, 0.3) is 11.1 Å². The Bertz CT molecular complexity index is 1000. The number of carboxylic acids is 1. The van der Waals surface area contributed by atoms with Crippen molar-refractivity contribution < 1.29 is 23.9 Å². The summed E-state index contributed by atoms with van der Waals surface area (Å²) >= 11 is 6.74. The zero-order valence-electron chi connectivity index (χ0n) is 13.1. The molecule has 3 rings (SSSR count). The fourth-order valence-corrected chi connectivity index (χ4v) is 3.36. The van der Waals surface area contributed by atoms with Crippen LogP contribution in [0.5, 0.6) is 0 Å². The Morgan fingerprint density at radius 2 is 2.12 bits per heavy atom. The van der Waals surface area contributed by atoms with Gasteiger partial charge < -0.3 is 9.52 Å². The van der Waals surface area contributed by atoms with Crippen molar-refractivity contribution in [2.24, 2.45) is 0 Å². The number of rotatable bonds is 4. The van der Waals surface area contributed by atoms with Gasteiger partial charge in [0.05, 0.1) is 22.0 Å². The fourth-order valence-electron chi connectivity index (χ4n) is 2.28. The highest BCUT2D eigenvalue weighted by atomic mass is 35.5. The number of aromatic carboxylic acids is 1. The number of carboxylic acid groups (broad SMARTS) is 1. The van der Waals surface area contributed by atoms with Gasteiger partial charge in [-0.3, -0.25) is 14.5 Å². The maximum atomic E-state index is 12.1. The lowest BCUT2D eigenvalue weighted by Crippen LogP contribution is -2.28. The SMILES string of the molecule is C#CCN1C(=O)S/C(=C\c2ccc(-c3ccc(C(=O)O)c(Cl)c3)o2)C1=O. The molecule has 0 bridgehead atoms. The van der Waals surface area contributed by atoms with Gasteiger partial charge in [0, 0.05) is 11.6 Å². The molecule has 0 unspecified atom stereocenters. The maximum absolute atomic E-state index is 12.1. The minimum Gasteiger partial charge on any atom is -0.478 e. The summed E-state index contributed by atoms with van der Waals surface area (Å²) in [7, 11) is 0. The molecule has 130 valence electrons. The molecule has 2 aromatic rings. The average Bonchev–Trinajstić information content (AvgIpc) is 3.15. The van der Waals surface area contributed by atoms with E-state index in [0.29, 0.717) is 17.1 Å². The lowest BCUT2D eigenvalue weighted by atomic mass is 10.1. The minimum absolute atomic E-state index is 0.00983. The number of carbonyl (C=O) groups excluding carboxylic acids is 2. The molecule has 0 radical (unpaired) electrons. The Labute approximate surface area is 157 Å². The normalized spacial score (nSPS) is 15.5. The first-order chi connectivity index (χ1) is 12.4. The molecule has 2 amide bonds. The monoisotopic (exact) mass is 387 g/mol. The quantitative estimate of drug-likeness (QED) is 0.631. The zero-order chi connectivity index (χ0) is 18.8. The molecule has 1 saturated heterocycles. The number of benzene rings is 1. The number of carbonyl (C=O) groups is 3. The molecule has 8 heteroatoms. The highest BCUT2D eigenvalue weighted by Gasteiger charge is 2.34. The van der Waals surface area contributed by atoms with Crippen LogP contribution in [0.2, 0.25) is 5.02 Å². The van der Waals surface area contributed by atoms with Crippen LogP contribution >= 0.6 is 23.4 Å². The number of hydrogen-bond donors (Lipinski definition) is 1. The highest BCUT2D eigenvalue weighted by Crippen LogP contribution is 2.33. The molecule has 6 nitrogen and oxygen atoms in total. The molecule has 0 atom stereocenters. The van der Waals surface area contributed by atoms with E-state index >= 15 is 0 Å². The first-order valence-corrected chi connectivity index (χ1v) is 8.42. The molecular formula is C18H10ClNO5S. The molecular weight excluding hydrogens is 378 g/mol. The van der Waals surface area contributed by atoms with Gasteiger partial charge in [0.2, 0.25) is 0 Å². The van der Waals surface area contributed by atoms with E-state index in [9.17, 15) is 14.4 Å². The van der Waals surface area contributed by atoms with Gasteiger partial charge in [-0.25, -0.2) is 4.79 Å². The Morgan fingerprint density at radius 3 is 2.77 bits per heavy atom. The van der Waals surface area contributed by atoms with Crippen molar-refractivity contribution >= 4 is 46.6 Å². The van der Waals surface area contributed by atoms with Crippen molar-refractivity contribution in [3.8, 4) is 23.7 Å². The summed E-state index contributed by atoms with van der Waals surface area (Å²) in [6.07, 6.45) is 6.61. The van der Waals surface area contributed by atoms with Gasteiger partial charge in [-0.15, -0.1) is 6.42 Å². The molecule has 1 aromatic carbocycles. The fraction of sp³-hybridized carbons (Fsp3) is 0.0556. The van der Waals surface area contributed by atoms with Crippen LogP contribution < -0.4 is 0 Å². The Kier molecular flexibility index (Phi) is 4.89. The number of hydrogen-bond acceptors (Lipinski definition) is 5. The largest absolute Gasteiger partial charge is 0.478 e. The summed E-state index contributed by atoms with van der Waals surface area (Å²) in [4.78, 5) is 36.1. The van der Waals surface area contributed by atoms with Gasteiger partial charge >= 0.3 is 5.97 Å². The van der Waals surface area contributed by atoms with Crippen LogP contribution in [0.1, 0.15) is 16.1 Å². The number of amides is 2. The van der Waals surface area contributed by atoms with E-state index < -0.39 is 17.1 Å². The van der Waals surface area contributed by atoms with Crippen molar-refractivity contribution in [2.75, 3.05) is 6.54 Å². The molecule has 1 aliphatic rings. The zero-order valence-corrected chi connectivity index (χ0v) is 14.6. The standard InChI is InChI=1S/C18H10ClNO5S/c1-2-7-20-16(21)15(26-18(20)24)9-11-4-6-14(25-11)10-3-5-12(17(22)23)13(19)8-10/h1,3-6,8-9H,7H2,(H,22,23)/b15-9-. The van der Waals surface area contributed by atoms with Gasteiger partial charge in [-0.1, -0.05) is 23.6 Å². The van der Waals surface area contributed by atoms with Crippen LogP contribution in [-0.2, 0) is 4.79 Å². The molecule has 26 heavy (non-hydrogen) atoms. The molecule has 1 aliphatic heterocycles. The Balaban J connectivity index is 1.86. The maximum Gasteiger partial charge on any atom is 0.337 e. The molecule has 1 aromatic heterocycles. The van der Waals surface area contributed by atoms with Crippen molar-refractivity contribution in [1.82, 2.24) is 4.90 Å². The predicted octanol–water partition coefficient (Wildman–Crippen LogP) is 3.97. The number of furan rings is 1. The summed E-state index contributed by atoms with van der Waals surface area (Å²) < 4.78 is 5.65. The second-order valence-corrected chi connectivity index (χ2v) is 6.57. The van der Waals surface area contributed by atoms with Crippen molar-refractivity contribution in [3.05, 3.63) is 51.6 Å².